The zero-order chi connectivity index (χ0) is 27.4. The molecule has 38 heavy (non-hydrogen) atoms. The van der Waals surface area contributed by atoms with Crippen LogP contribution in [0, 0.1) is 0 Å². The summed E-state index contributed by atoms with van der Waals surface area (Å²) < 4.78 is 22.5. The summed E-state index contributed by atoms with van der Waals surface area (Å²) in [4.78, 5) is 41.1. The molecule has 0 unspecified atom stereocenters. The fourth-order valence-corrected chi connectivity index (χ4v) is 5.63. The van der Waals surface area contributed by atoms with Gasteiger partial charge in [0, 0.05) is 58.7 Å². The van der Waals surface area contributed by atoms with E-state index in [0.717, 1.165) is 25.1 Å². The van der Waals surface area contributed by atoms with E-state index < -0.39 is 16.6 Å². The number of nitrogens with two attached hydrogens (primary N) is 1. The zero-order valence-electron chi connectivity index (χ0n) is 22.0. The lowest BCUT2D eigenvalue weighted by molar-refractivity contribution is 0.0996. The van der Waals surface area contributed by atoms with Crippen molar-refractivity contribution in [2.45, 2.75) is 37.0 Å². The van der Waals surface area contributed by atoms with Crippen LogP contribution in [0.25, 0.3) is 0 Å². The lowest BCUT2D eigenvalue weighted by Crippen LogP contribution is -2.51. The molecule has 12 nitrogen and oxygen atoms in total. The van der Waals surface area contributed by atoms with Crippen molar-refractivity contribution in [2.75, 3.05) is 62.4 Å². The van der Waals surface area contributed by atoms with Gasteiger partial charge >= 0.3 is 6.03 Å². The fourth-order valence-electron chi connectivity index (χ4n) is 4.98. The minimum Gasteiger partial charge on any atom is -0.371 e. The normalized spacial score (nSPS) is 18.4. The topological polar surface area (TPSA) is 145 Å². The minimum atomic E-state index is -2.38. The molecule has 3 amide bonds. The number of anilines is 4. The molecule has 0 radical (unpaired) electrons. The van der Waals surface area contributed by atoms with Crippen molar-refractivity contribution in [3.63, 3.8) is 0 Å². The number of likely N-dealkylation sites (N-methyl/N-ethyl adjacent to an activating group) is 1. The number of rotatable bonds is 7. The van der Waals surface area contributed by atoms with Crippen molar-refractivity contribution in [1.82, 2.24) is 19.8 Å². The molecule has 1 atom stereocenters. The van der Waals surface area contributed by atoms with Gasteiger partial charge in [-0.25, -0.2) is 23.2 Å². The molecular weight excluding hydrogens is 508 g/mol. The van der Waals surface area contributed by atoms with E-state index in [2.05, 4.69) is 20.1 Å². The summed E-state index contributed by atoms with van der Waals surface area (Å²) in [6.45, 7) is 2.74. The van der Waals surface area contributed by atoms with Crippen LogP contribution in [0.15, 0.2) is 30.5 Å². The van der Waals surface area contributed by atoms with Gasteiger partial charge in [-0.3, -0.25) is 4.79 Å². The minimum absolute atomic E-state index is 0.0274. The van der Waals surface area contributed by atoms with Crippen molar-refractivity contribution >= 4 is 45.7 Å². The molecule has 2 aromatic rings. The summed E-state index contributed by atoms with van der Waals surface area (Å²) >= 11 is 0. The van der Waals surface area contributed by atoms with E-state index in [1.165, 1.54) is 0 Å². The summed E-state index contributed by atoms with van der Waals surface area (Å²) in [6.07, 6.45) is 4.58. The van der Waals surface area contributed by atoms with E-state index in [9.17, 15) is 18.0 Å². The van der Waals surface area contributed by atoms with E-state index in [0.29, 0.717) is 44.0 Å². The van der Waals surface area contributed by atoms with Gasteiger partial charge in [-0.15, -0.1) is 0 Å². The summed E-state index contributed by atoms with van der Waals surface area (Å²) in [5.41, 5.74) is 7.34. The lowest BCUT2D eigenvalue weighted by Gasteiger charge is -2.39. The molecule has 4 rings (SSSR count). The summed E-state index contributed by atoms with van der Waals surface area (Å²) in [5.74, 6) is 0.183. The number of nitrogens with zero attached hydrogens (tertiary/aromatic N) is 6. The number of primary amides is 1. The highest BCUT2D eigenvalue weighted by Gasteiger charge is 2.28. The van der Waals surface area contributed by atoms with Gasteiger partial charge in [0.1, 0.15) is 16.5 Å². The molecule has 13 heteroatoms. The Kier molecular flexibility index (Phi) is 8.55. The Morgan fingerprint density at radius 3 is 2.32 bits per heavy atom. The number of piperidine rings is 2. The van der Waals surface area contributed by atoms with Crippen LogP contribution in [-0.4, -0.2) is 98.7 Å². The van der Waals surface area contributed by atoms with Crippen LogP contribution in [-0.2, 0) is 10.7 Å². The van der Waals surface area contributed by atoms with Crippen LogP contribution in [0.3, 0.4) is 0 Å². The maximum absolute atomic E-state index is 12.4. The Labute approximate surface area is 224 Å². The van der Waals surface area contributed by atoms with Gasteiger partial charge in [-0.1, -0.05) is 0 Å². The molecule has 2 aliphatic heterocycles. The number of amides is 3. The largest absolute Gasteiger partial charge is 0.371 e. The molecular formula is C25H36N8O4S. The highest BCUT2D eigenvalue weighted by atomic mass is 32.2. The Morgan fingerprint density at radius 2 is 1.71 bits per heavy atom. The summed E-state index contributed by atoms with van der Waals surface area (Å²) in [5, 5.41) is 2.94. The number of thiol groups is 1. The molecule has 0 bridgehead atoms. The van der Waals surface area contributed by atoms with Gasteiger partial charge in [0.05, 0.1) is 17.5 Å². The third kappa shape index (κ3) is 6.26. The van der Waals surface area contributed by atoms with E-state index in [4.69, 9.17) is 10.7 Å². The van der Waals surface area contributed by atoms with Crippen molar-refractivity contribution < 1.29 is 18.0 Å². The fraction of sp³-hybridized carbons (Fsp3) is 0.520. The van der Waals surface area contributed by atoms with Gasteiger partial charge in [0.2, 0.25) is 0 Å². The first-order valence-corrected chi connectivity index (χ1v) is 14.0. The second-order valence-electron chi connectivity index (χ2n) is 10.00. The number of carbonyl (C=O) groups is 2. The first-order valence-electron chi connectivity index (χ1n) is 12.8. The SMILES string of the molecule is CN(C)C(=O)N(C)[C@@H]1CCCN(c2cnc(C(N)=O)c(Nc3ccc(N4CCC([SH](=O)=O)CC4)cc3)n2)C1. The number of hydrogen-bond acceptors (Lipinski definition) is 9. The second kappa shape index (κ2) is 11.8. The molecule has 2 aliphatic rings. The standard InChI is InChI=1S/C25H36N8O4S/c1-30(2)25(35)31(3)19-5-4-12-33(16-19)21-15-27-22(23(26)34)24(29-21)28-17-6-8-18(9-7-17)32-13-10-20(11-14-32)38(36)37/h6-9,15,19-20,38H,4-5,10-14,16H2,1-3H3,(H2,26,34)(H,28,29)/t19-/m1/s1. The first kappa shape index (κ1) is 27.4. The maximum Gasteiger partial charge on any atom is 0.319 e. The second-order valence-corrected chi connectivity index (χ2v) is 11.3. The van der Waals surface area contributed by atoms with Gasteiger partial charge in [-0.05, 0) is 49.9 Å². The molecule has 2 saturated heterocycles. The lowest BCUT2D eigenvalue weighted by atomic mass is 10.0. The molecule has 206 valence electrons. The molecule has 0 saturated carbocycles. The van der Waals surface area contributed by atoms with E-state index in [1.54, 1.807) is 30.1 Å². The van der Waals surface area contributed by atoms with Crippen LogP contribution in [0.1, 0.15) is 36.2 Å². The smallest absolute Gasteiger partial charge is 0.319 e. The predicted octanol–water partition coefficient (Wildman–Crippen LogP) is 1.48. The van der Waals surface area contributed by atoms with Gasteiger partial charge in [0.15, 0.2) is 11.5 Å². The Hall–Kier alpha value is -3.61. The third-order valence-electron chi connectivity index (χ3n) is 7.20. The Morgan fingerprint density at radius 1 is 1.03 bits per heavy atom. The van der Waals surface area contributed by atoms with Crippen LogP contribution in [0.5, 0.6) is 0 Å². The molecule has 2 fully saturated rings. The number of carbonyl (C=O) groups excluding carboxylic acids is 2. The number of urea groups is 1. The van der Waals surface area contributed by atoms with E-state index in [1.807, 2.05) is 31.3 Å². The van der Waals surface area contributed by atoms with Crippen LogP contribution in [0.4, 0.5) is 27.8 Å². The molecule has 0 aliphatic carbocycles. The predicted molar refractivity (Wildman–Crippen MR) is 148 cm³/mol. The number of aromatic nitrogens is 2. The van der Waals surface area contributed by atoms with Crippen molar-refractivity contribution in [2.24, 2.45) is 5.73 Å². The van der Waals surface area contributed by atoms with Gasteiger partial charge < -0.3 is 30.7 Å². The van der Waals surface area contributed by atoms with Gasteiger partial charge in [0.25, 0.3) is 5.91 Å². The summed E-state index contributed by atoms with van der Waals surface area (Å²) in [6, 6.07) is 7.64. The average molecular weight is 545 g/mol. The van der Waals surface area contributed by atoms with Crippen LogP contribution >= 0.6 is 0 Å². The Bertz CT molecular complexity index is 1220. The molecule has 3 heterocycles. The average Bonchev–Trinajstić information content (AvgIpc) is 2.92. The molecule has 0 spiro atoms. The zero-order valence-corrected chi connectivity index (χ0v) is 22.9. The van der Waals surface area contributed by atoms with Crippen molar-refractivity contribution in [3.8, 4) is 0 Å². The van der Waals surface area contributed by atoms with E-state index in [-0.39, 0.29) is 28.8 Å². The summed E-state index contributed by atoms with van der Waals surface area (Å²) in [7, 11) is 2.90. The maximum atomic E-state index is 12.4. The van der Waals surface area contributed by atoms with Crippen molar-refractivity contribution in [3.05, 3.63) is 36.2 Å². The molecule has 1 aromatic carbocycles. The van der Waals surface area contributed by atoms with Gasteiger partial charge in [-0.2, -0.15) is 0 Å². The Balaban J connectivity index is 1.48. The van der Waals surface area contributed by atoms with Crippen LogP contribution in [0.2, 0.25) is 0 Å². The quantitative estimate of drug-likeness (QED) is 0.441. The first-order chi connectivity index (χ1) is 18.1. The third-order valence-corrected chi connectivity index (χ3v) is 8.32. The van der Waals surface area contributed by atoms with Crippen LogP contribution < -0.4 is 20.9 Å². The number of nitrogens with one attached hydrogen (secondary N) is 1. The molecule has 3 N–H and O–H groups in total. The van der Waals surface area contributed by atoms with Crippen molar-refractivity contribution in [1.29, 1.82) is 0 Å². The molecule has 1 aromatic heterocycles. The van der Waals surface area contributed by atoms with E-state index >= 15 is 0 Å². The number of benzene rings is 1. The highest BCUT2D eigenvalue weighted by Crippen LogP contribution is 2.27. The highest BCUT2D eigenvalue weighted by molar-refractivity contribution is 7.73. The number of hydrogen-bond donors (Lipinski definition) is 3. The monoisotopic (exact) mass is 544 g/mol.